The van der Waals surface area contributed by atoms with Crippen LogP contribution in [0.3, 0.4) is 0 Å². The van der Waals surface area contributed by atoms with Gasteiger partial charge in [0, 0.05) is 23.3 Å². The molecule has 0 radical (unpaired) electrons. The molecule has 0 spiro atoms. The maximum atomic E-state index is 8.89. The molecule has 0 aromatic heterocycles. The third-order valence-corrected chi connectivity index (χ3v) is 3.92. The van der Waals surface area contributed by atoms with Crippen LogP contribution in [0.5, 0.6) is 0 Å². The Morgan fingerprint density at radius 1 is 1.41 bits per heavy atom. The summed E-state index contributed by atoms with van der Waals surface area (Å²) >= 11 is 1.83. The molecule has 17 heavy (non-hydrogen) atoms. The highest BCUT2D eigenvalue weighted by Crippen LogP contribution is 2.26. The Labute approximate surface area is 109 Å². The van der Waals surface area contributed by atoms with Gasteiger partial charge in [-0.05, 0) is 43.1 Å². The van der Waals surface area contributed by atoms with Crippen molar-refractivity contribution in [1.82, 2.24) is 5.32 Å². The van der Waals surface area contributed by atoms with Crippen molar-refractivity contribution in [2.45, 2.75) is 43.9 Å². The van der Waals surface area contributed by atoms with Crippen LogP contribution >= 0.6 is 11.8 Å². The molecule has 0 amide bonds. The van der Waals surface area contributed by atoms with Crippen LogP contribution in [0, 0.1) is 6.92 Å². The van der Waals surface area contributed by atoms with Gasteiger partial charge in [-0.1, -0.05) is 19.9 Å². The van der Waals surface area contributed by atoms with E-state index in [0.29, 0.717) is 5.25 Å². The number of aliphatic hydroxyl groups excluding tert-OH is 1. The SMILES string of the molecule is CCNCc1ccc(SC(C)CCO)cc1C. The fourth-order valence-corrected chi connectivity index (χ4v) is 2.75. The summed E-state index contributed by atoms with van der Waals surface area (Å²) in [6.07, 6.45) is 0.850. The quantitative estimate of drug-likeness (QED) is 0.733. The van der Waals surface area contributed by atoms with Gasteiger partial charge in [-0.15, -0.1) is 11.8 Å². The summed E-state index contributed by atoms with van der Waals surface area (Å²) in [6, 6.07) is 6.62. The van der Waals surface area contributed by atoms with Gasteiger partial charge >= 0.3 is 0 Å². The zero-order valence-corrected chi connectivity index (χ0v) is 11.8. The molecule has 1 aromatic rings. The first-order valence-corrected chi connectivity index (χ1v) is 7.13. The minimum atomic E-state index is 0.269. The van der Waals surface area contributed by atoms with E-state index in [0.717, 1.165) is 19.5 Å². The van der Waals surface area contributed by atoms with E-state index < -0.39 is 0 Å². The number of benzene rings is 1. The average molecular weight is 253 g/mol. The first-order valence-electron chi connectivity index (χ1n) is 6.25. The molecular weight excluding hydrogens is 230 g/mol. The second-order valence-corrected chi connectivity index (χ2v) is 5.82. The molecule has 2 N–H and O–H groups in total. The molecule has 0 saturated carbocycles. The standard InChI is InChI=1S/C14H23NOS/c1-4-15-10-13-5-6-14(9-11(13)2)17-12(3)7-8-16/h5-6,9,12,15-16H,4,7-8,10H2,1-3H3. The molecule has 0 bridgehead atoms. The van der Waals surface area contributed by atoms with Crippen molar-refractivity contribution in [3.63, 3.8) is 0 Å². The van der Waals surface area contributed by atoms with Crippen LogP contribution in [0.4, 0.5) is 0 Å². The largest absolute Gasteiger partial charge is 0.396 e. The molecule has 1 aromatic carbocycles. The van der Waals surface area contributed by atoms with E-state index in [4.69, 9.17) is 5.11 Å². The summed E-state index contributed by atoms with van der Waals surface area (Å²) < 4.78 is 0. The van der Waals surface area contributed by atoms with Gasteiger partial charge in [0.15, 0.2) is 0 Å². The van der Waals surface area contributed by atoms with Crippen LogP contribution in [0.1, 0.15) is 31.4 Å². The monoisotopic (exact) mass is 253 g/mol. The molecular formula is C14H23NOS. The lowest BCUT2D eigenvalue weighted by Gasteiger charge is -2.12. The average Bonchev–Trinajstić information content (AvgIpc) is 2.28. The first kappa shape index (κ1) is 14.6. The van der Waals surface area contributed by atoms with Crippen LogP contribution < -0.4 is 5.32 Å². The second kappa shape index (κ2) is 7.75. The molecule has 3 heteroatoms. The zero-order chi connectivity index (χ0) is 12.7. The summed E-state index contributed by atoms with van der Waals surface area (Å²) in [7, 11) is 0. The van der Waals surface area contributed by atoms with Crippen molar-refractivity contribution in [3.8, 4) is 0 Å². The van der Waals surface area contributed by atoms with E-state index in [-0.39, 0.29) is 6.61 Å². The van der Waals surface area contributed by atoms with E-state index in [1.54, 1.807) is 0 Å². The van der Waals surface area contributed by atoms with E-state index in [1.165, 1.54) is 16.0 Å². The smallest absolute Gasteiger partial charge is 0.0441 e. The highest BCUT2D eigenvalue weighted by Gasteiger charge is 2.05. The summed E-state index contributed by atoms with van der Waals surface area (Å²) in [5, 5.41) is 12.7. The molecule has 1 rings (SSSR count). The van der Waals surface area contributed by atoms with Crippen LogP contribution in [0.2, 0.25) is 0 Å². The minimum Gasteiger partial charge on any atom is -0.396 e. The second-order valence-electron chi connectivity index (χ2n) is 4.31. The van der Waals surface area contributed by atoms with Gasteiger partial charge in [-0.3, -0.25) is 0 Å². The lowest BCUT2D eigenvalue weighted by atomic mass is 10.1. The van der Waals surface area contributed by atoms with Gasteiger partial charge in [0.05, 0.1) is 0 Å². The number of nitrogens with one attached hydrogen (secondary N) is 1. The van der Waals surface area contributed by atoms with Crippen molar-refractivity contribution in [1.29, 1.82) is 0 Å². The van der Waals surface area contributed by atoms with E-state index in [9.17, 15) is 0 Å². The van der Waals surface area contributed by atoms with Crippen molar-refractivity contribution >= 4 is 11.8 Å². The Balaban J connectivity index is 2.61. The lowest BCUT2D eigenvalue weighted by molar-refractivity contribution is 0.289. The molecule has 2 nitrogen and oxygen atoms in total. The molecule has 0 aliphatic rings. The van der Waals surface area contributed by atoms with Crippen LogP contribution in [0.25, 0.3) is 0 Å². The Hall–Kier alpha value is -0.510. The van der Waals surface area contributed by atoms with Crippen molar-refractivity contribution in [2.75, 3.05) is 13.2 Å². The van der Waals surface area contributed by atoms with Crippen molar-refractivity contribution in [2.24, 2.45) is 0 Å². The molecule has 0 saturated heterocycles. The Morgan fingerprint density at radius 3 is 2.76 bits per heavy atom. The Morgan fingerprint density at radius 2 is 2.18 bits per heavy atom. The fourth-order valence-electron chi connectivity index (χ4n) is 1.67. The Kier molecular flexibility index (Phi) is 6.63. The van der Waals surface area contributed by atoms with E-state index in [2.05, 4.69) is 44.3 Å². The molecule has 0 aliphatic heterocycles. The molecule has 0 heterocycles. The van der Waals surface area contributed by atoms with Crippen LogP contribution in [0.15, 0.2) is 23.1 Å². The lowest BCUT2D eigenvalue weighted by Crippen LogP contribution is -2.12. The molecule has 96 valence electrons. The number of thioether (sulfide) groups is 1. The summed E-state index contributed by atoms with van der Waals surface area (Å²) in [5.41, 5.74) is 2.71. The summed E-state index contributed by atoms with van der Waals surface area (Å²) in [5.74, 6) is 0. The number of rotatable bonds is 7. The maximum Gasteiger partial charge on any atom is 0.0441 e. The third kappa shape index (κ3) is 5.11. The van der Waals surface area contributed by atoms with Gasteiger partial charge in [0.2, 0.25) is 0 Å². The third-order valence-electron chi connectivity index (χ3n) is 2.75. The van der Waals surface area contributed by atoms with Gasteiger partial charge in [-0.25, -0.2) is 0 Å². The molecule has 1 atom stereocenters. The summed E-state index contributed by atoms with van der Waals surface area (Å²) in [6.45, 7) is 8.65. The summed E-state index contributed by atoms with van der Waals surface area (Å²) in [4.78, 5) is 1.30. The van der Waals surface area contributed by atoms with Gasteiger partial charge in [-0.2, -0.15) is 0 Å². The highest BCUT2D eigenvalue weighted by molar-refractivity contribution is 7.99. The van der Waals surface area contributed by atoms with Gasteiger partial charge < -0.3 is 10.4 Å². The molecule has 0 aliphatic carbocycles. The topological polar surface area (TPSA) is 32.3 Å². The zero-order valence-electron chi connectivity index (χ0n) is 11.0. The first-order chi connectivity index (χ1) is 8.17. The predicted molar refractivity (Wildman–Crippen MR) is 75.6 cm³/mol. The van der Waals surface area contributed by atoms with E-state index in [1.807, 2.05) is 11.8 Å². The van der Waals surface area contributed by atoms with Crippen molar-refractivity contribution in [3.05, 3.63) is 29.3 Å². The number of aryl methyl sites for hydroxylation is 1. The van der Waals surface area contributed by atoms with Crippen LogP contribution in [-0.4, -0.2) is 23.5 Å². The van der Waals surface area contributed by atoms with Gasteiger partial charge in [0.1, 0.15) is 0 Å². The fraction of sp³-hybridized carbons (Fsp3) is 0.571. The van der Waals surface area contributed by atoms with Crippen molar-refractivity contribution < 1.29 is 5.11 Å². The normalized spacial score (nSPS) is 12.7. The van der Waals surface area contributed by atoms with Gasteiger partial charge in [0.25, 0.3) is 0 Å². The Bertz CT molecular complexity index is 341. The number of hydrogen-bond acceptors (Lipinski definition) is 3. The molecule has 1 unspecified atom stereocenters. The van der Waals surface area contributed by atoms with E-state index >= 15 is 0 Å². The maximum absolute atomic E-state index is 8.89. The van der Waals surface area contributed by atoms with Crippen LogP contribution in [-0.2, 0) is 6.54 Å². The highest BCUT2D eigenvalue weighted by atomic mass is 32.2. The minimum absolute atomic E-state index is 0.269. The number of hydrogen-bond donors (Lipinski definition) is 2. The predicted octanol–water partition coefficient (Wildman–Crippen LogP) is 2.97. The molecule has 0 fully saturated rings. The number of aliphatic hydroxyl groups is 1.